The molecule has 0 unspecified atom stereocenters. The molecule has 5 nitrogen and oxygen atoms in total. The summed E-state index contributed by atoms with van der Waals surface area (Å²) in [5.74, 6) is 0. The molecule has 0 bridgehead atoms. The number of nitrogens with one attached hydrogen (secondary N) is 1. The highest BCUT2D eigenvalue weighted by Gasteiger charge is 2.19. The van der Waals surface area contributed by atoms with Gasteiger partial charge in [0.05, 0.1) is 12.2 Å². The number of hydrogen-bond donors (Lipinski definition) is 1. The molecule has 0 aromatic carbocycles. The fourth-order valence-electron chi connectivity index (χ4n) is 1.56. The zero-order valence-corrected chi connectivity index (χ0v) is 13.2. The average molecular weight is 287 g/mol. The van der Waals surface area contributed by atoms with E-state index >= 15 is 0 Å². The quantitative estimate of drug-likeness (QED) is 0.664. The van der Waals surface area contributed by atoms with Gasteiger partial charge in [0.25, 0.3) is 0 Å². The van der Waals surface area contributed by atoms with Gasteiger partial charge >= 0.3 is 0 Å². The van der Waals surface area contributed by atoms with Crippen molar-refractivity contribution in [1.29, 1.82) is 0 Å². The molecular formula is C13H25N3O2S. The van der Waals surface area contributed by atoms with Crippen LogP contribution in [0, 0.1) is 0 Å². The van der Waals surface area contributed by atoms with E-state index < -0.39 is 0 Å². The molecule has 0 aliphatic heterocycles. The van der Waals surface area contributed by atoms with E-state index in [-0.39, 0.29) is 5.60 Å². The number of aryl methyl sites for hydroxylation is 1. The van der Waals surface area contributed by atoms with E-state index in [0.717, 1.165) is 49.0 Å². The molecule has 0 radical (unpaired) electrons. The summed E-state index contributed by atoms with van der Waals surface area (Å²) in [6.45, 7) is 6.78. The lowest BCUT2D eigenvalue weighted by Gasteiger charge is -2.20. The van der Waals surface area contributed by atoms with E-state index in [1.54, 1.807) is 25.6 Å². The minimum Gasteiger partial charge on any atom is -0.383 e. The minimum absolute atomic E-state index is 0.168. The molecule has 6 heteroatoms. The molecular weight excluding hydrogens is 262 g/mol. The van der Waals surface area contributed by atoms with Crippen LogP contribution in [-0.4, -0.2) is 49.7 Å². The summed E-state index contributed by atoms with van der Waals surface area (Å²) in [6, 6.07) is 0. The lowest BCUT2D eigenvalue weighted by atomic mass is 10.1. The van der Waals surface area contributed by atoms with Crippen molar-refractivity contribution < 1.29 is 9.47 Å². The van der Waals surface area contributed by atoms with Crippen LogP contribution >= 0.6 is 11.3 Å². The van der Waals surface area contributed by atoms with E-state index in [9.17, 15) is 0 Å². The first-order valence-corrected chi connectivity index (χ1v) is 7.45. The maximum Gasteiger partial charge on any atom is 0.120 e. The predicted octanol–water partition coefficient (Wildman–Crippen LogP) is 1.67. The van der Waals surface area contributed by atoms with Crippen molar-refractivity contribution in [3.8, 4) is 0 Å². The fraction of sp³-hybridized carbons (Fsp3) is 0.846. The first-order chi connectivity index (χ1) is 9.07. The van der Waals surface area contributed by atoms with Gasteiger partial charge in [-0.15, -0.1) is 21.5 Å². The molecule has 0 aliphatic rings. The van der Waals surface area contributed by atoms with Crippen molar-refractivity contribution in [1.82, 2.24) is 15.5 Å². The van der Waals surface area contributed by atoms with Gasteiger partial charge in [0.15, 0.2) is 0 Å². The highest BCUT2D eigenvalue weighted by molar-refractivity contribution is 7.11. The third-order valence-corrected chi connectivity index (χ3v) is 3.85. The topological polar surface area (TPSA) is 56.3 Å². The maximum atomic E-state index is 5.40. The molecule has 0 amide bonds. The standard InChI is InChI=1S/C13H25N3O2S/c1-13(2,18-4)10-12-16-15-11(19-12)6-5-7-14-8-9-17-3/h14H,5-10H2,1-4H3. The average Bonchev–Trinajstić information content (AvgIpc) is 2.80. The molecule has 1 aromatic rings. The summed E-state index contributed by atoms with van der Waals surface area (Å²) >= 11 is 1.69. The van der Waals surface area contributed by atoms with Gasteiger partial charge in [0.2, 0.25) is 0 Å². The normalized spacial score (nSPS) is 12.0. The zero-order valence-electron chi connectivity index (χ0n) is 12.4. The molecule has 1 N–H and O–H groups in total. The molecule has 110 valence electrons. The summed E-state index contributed by atoms with van der Waals surface area (Å²) in [4.78, 5) is 0. The second-order valence-electron chi connectivity index (χ2n) is 5.08. The van der Waals surface area contributed by atoms with E-state index in [2.05, 4.69) is 29.4 Å². The summed E-state index contributed by atoms with van der Waals surface area (Å²) in [7, 11) is 3.44. The monoisotopic (exact) mass is 287 g/mol. The van der Waals surface area contributed by atoms with Crippen LogP contribution < -0.4 is 5.32 Å². The Hall–Kier alpha value is -0.560. The molecule has 0 aliphatic carbocycles. The summed E-state index contributed by atoms with van der Waals surface area (Å²) in [5, 5.41) is 13.9. The van der Waals surface area contributed by atoms with Gasteiger partial charge in [-0.25, -0.2) is 0 Å². The molecule has 0 atom stereocenters. The SMILES string of the molecule is COCCNCCCc1nnc(CC(C)(C)OC)s1. The van der Waals surface area contributed by atoms with Crippen molar-refractivity contribution in [2.24, 2.45) is 0 Å². The van der Waals surface area contributed by atoms with Crippen LogP contribution in [-0.2, 0) is 22.3 Å². The van der Waals surface area contributed by atoms with Gasteiger partial charge in [0.1, 0.15) is 10.0 Å². The predicted molar refractivity (Wildman–Crippen MR) is 77.8 cm³/mol. The Bertz CT molecular complexity index is 355. The highest BCUT2D eigenvalue weighted by atomic mass is 32.1. The summed E-state index contributed by atoms with van der Waals surface area (Å²) < 4.78 is 10.4. The van der Waals surface area contributed by atoms with Crippen LogP contribution in [0.2, 0.25) is 0 Å². The number of aromatic nitrogens is 2. The first-order valence-electron chi connectivity index (χ1n) is 6.63. The van der Waals surface area contributed by atoms with Crippen LogP contribution in [0.4, 0.5) is 0 Å². The van der Waals surface area contributed by atoms with Gasteiger partial charge < -0.3 is 14.8 Å². The zero-order chi connectivity index (χ0) is 14.1. The summed E-state index contributed by atoms with van der Waals surface area (Å²) in [6.07, 6.45) is 2.87. The number of hydrogen-bond acceptors (Lipinski definition) is 6. The van der Waals surface area contributed by atoms with Gasteiger partial charge in [-0.2, -0.15) is 0 Å². The minimum atomic E-state index is -0.168. The molecule has 1 rings (SSSR count). The molecule has 0 spiro atoms. The molecule has 0 fully saturated rings. The Morgan fingerprint density at radius 3 is 2.58 bits per heavy atom. The Kier molecular flexibility index (Phi) is 7.45. The summed E-state index contributed by atoms with van der Waals surface area (Å²) in [5.41, 5.74) is -0.168. The van der Waals surface area contributed by atoms with E-state index in [1.165, 1.54) is 0 Å². The number of nitrogens with zero attached hydrogens (tertiary/aromatic N) is 2. The highest BCUT2D eigenvalue weighted by Crippen LogP contribution is 2.19. The lowest BCUT2D eigenvalue weighted by molar-refractivity contribution is 0.0230. The largest absolute Gasteiger partial charge is 0.383 e. The Labute approximate surface area is 119 Å². The Balaban J connectivity index is 2.23. The maximum absolute atomic E-state index is 5.40. The second kappa shape index (κ2) is 8.58. The van der Waals surface area contributed by atoms with Gasteiger partial charge in [-0.1, -0.05) is 0 Å². The molecule has 1 heterocycles. The van der Waals surface area contributed by atoms with Crippen molar-refractivity contribution in [3.05, 3.63) is 10.0 Å². The van der Waals surface area contributed by atoms with Crippen molar-refractivity contribution >= 4 is 11.3 Å². The van der Waals surface area contributed by atoms with Crippen LogP contribution in [0.5, 0.6) is 0 Å². The molecule has 19 heavy (non-hydrogen) atoms. The van der Waals surface area contributed by atoms with Crippen LogP contribution in [0.15, 0.2) is 0 Å². The van der Waals surface area contributed by atoms with Gasteiger partial charge in [0, 0.05) is 33.6 Å². The van der Waals surface area contributed by atoms with Gasteiger partial charge in [-0.05, 0) is 26.8 Å². The Morgan fingerprint density at radius 2 is 1.89 bits per heavy atom. The van der Waals surface area contributed by atoms with Crippen molar-refractivity contribution in [2.75, 3.05) is 33.9 Å². The third kappa shape index (κ3) is 6.96. The Morgan fingerprint density at radius 1 is 1.16 bits per heavy atom. The second-order valence-corrected chi connectivity index (χ2v) is 6.22. The van der Waals surface area contributed by atoms with E-state index in [4.69, 9.17) is 9.47 Å². The van der Waals surface area contributed by atoms with Crippen LogP contribution in [0.1, 0.15) is 30.3 Å². The fourth-order valence-corrected chi connectivity index (χ4v) is 2.66. The number of ether oxygens (including phenoxy) is 2. The number of methoxy groups -OCH3 is 2. The van der Waals surface area contributed by atoms with Gasteiger partial charge in [-0.3, -0.25) is 0 Å². The molecule has 0 saturated carbocycles. The van der Waals surface area contributed by atoms with Crippen molar-refractivity contribution in [2.45, 2.75) is 38.7 Å². The van der Waals surface area contributed by atoms with E-state index in [1.807, 2.05) is 0 Å². The third-order valence-electron chi connectivity index (χ3n) is 2.87. The lowest BCUT2D eigenvalue weighted by Crippen LogP contribution is -2.25. The molecule has 1 aromatic heterocycles. The van der Waals surface area contributed by atoms with Crippen LogP contribution in [0.25, 0.3) is 0 Å². The first kappa shape index (κ1) is 16.5. The van der Waals surface area contributed by atoms with E-state index in [0.29, 0.717) is 0 Å². The smallest absolute Gasteiger partial charge is 0.120 e. The van der Waals surface area contributed by atoms with Crippen LogP contribution in [0.3, 0.4) is 0 Å². The number of rotatable bonds is 10. The van der Waals surface area contributed by atoms with Crippen molar-refractivity contribution in [3.63, 3.8) is 0 Å². The molecule has 0 saturated heterocycles.